The van der Waals surface area contributed by atoms with Gasteiger partial charge in [0.2, 0.25) is 0 Å². The molecule has 0 saturated heterocycles. The number of nitrogens with one attached hydrogen (secondary N) is 2. The van der Waals surface area contributed by atoms with Crippen LogP contribution in [0.5, 0.6) is 5.75 Å². The summed E-state index contributed by atoms with van der Waals surface area (Å²) in [7, 11) is 1.63. The normalized spacial score (nSPS) is 11.3. The summed E-state index contributed by atoms with van der Waals surface area (Å²) < 4.78 is 10.8. The van der Waals surface area contributed by atoms with Crippen LogP contribution < -0.4 is 10.1 Å². The second-order valence-electron chi connectivity index (χ2n) is 6.96. The van der Waals surface area contributed by atoms with Crippen LogP contribution in [0.15, 0.2) is 53.9 Å². The highest BCUT2D eigenvalue weighted by Gasteiger charge is 2.13. The topological polar surface area (TPSA) is 76.2 Å². The lowest BCUT2D eigenvalue weighted by atomic mass is 10.1. The number of hydrogen-bond donors (Lipinski definition) is 2. The van der Waals surface area contributed by atoms with Crippen molar-refractivity contribution in [2.45, 2.75) is 6.92 Å². The zero-order valence-corrected chi connectivity index (χ0v) is 18.2. The van der Waals surface area contributed by atoms with Crippen molar-refractivity contribution < 1.29 is 14.3 Å². The van der Waals surface area contributed by atoms with Gasteiger partial charge in [-0.25, -0.2) is 0 Å². The SMILES string of the molecule is COCCOc1ccc(/C=C/c2n[nH]c3ccccc23)c(NC(=O)c2sccc2C)c1. The fraction of sp³-hybridized carbons (Fsp3) is 0.167. The third-order valence-electron chi connectivity index (χ3n) is 4.82. The minimum Gasteiger partial charge on any atom is -0.491 e. The van der Waals surface area contributed by atoms with E-state index in [4.69, 9.17) is 9.47 Å². The standard InChI is InChI=1S/C24H23N3O3S/c1-16-11-14-31-23(16)24(28)25-22-15-18(30-13-12-29-2)9-7-17(22)8-10-21-19-5-3-4-6-20(19)26-27-21/h3-11,14-15H,12-13H2,1-2H3,(H,25,28)(H,26,27)/b10-8+. The van der Waals surface area contributed by atoms with Crippen LogP contribution in [0.3, 0.4) is 0 Å². The third kappa shape index (κ3) is 4.84. The quantitative estimate of drug-likeness (QED) is 0.366. The second kappa shape index (κ2) is 9.59. The van der Waals surface area contributed by atoms with Gasteiger partial charge in [0.1, 0.15) is 12.4 Å². The summed E-state index contributed by atoms with van der Waals surface area (Å²) in [5, 5.41) is 13.4. The molecule has 4 rings (SSSR count). The first-order chi connectivity index (χ1) is 15.2. The lowest BCUT2D eigenvalue weighted by molar-refractivity contribution is 0.103. The van der Waals surface area contributed by atoms with E-state index >= 15 is 0 Å². The Balaban J connectivity index is 1.63. The fourth-order valence-electron chi connectivity index (χ4n) is 3.19. The summed E-state index contributed by atoms with van der Waals surface area (Å²) in [6, 6.07) is 15.5. The maximum absolute atomic E-state index is 12.8. The first kappa shape index (κ1) is 20.8. The molecule has 0 aliphatic heterocycles. The molecule has 4 aromatic rings. The molecular formula is C24H23N3O3S. The lowest BCUT2D eigenvalue weighted by Crippen LogP contribution is -2.12. The van der Waals surface area contributed by atoms with Gasteiger partial charge in [-0.05, 0) is 53.8 Å². The van der Waals surface area contributed by atoms with Crippen molar-refractivity contribution in [3.05, 3.63) is 75.6 Å². The number of rotatable bonds is 8. The molecule has 7 heteroatoms. The number of anilines is 1. The Hall–Kier alpha value is -3.42. The van der Waals surface area contributed by atoms with E-state index in [1.54, 1.807) is 7.11 Å². The van der Waals surface area contributed by atoms with Crippen molar-refractivity contribution in [2.75, 3.05) is 25.6 Å². The minimum absolute atomic E-state index is 0.138. The smallest absolute Gasteiger partial charge is 0.266 e. The molecule has 0 saturated carbocycles. The van der Waals surface area contributed by atoms with Gasteiger partial charge in [0.05, 0.1) is 28.4 Å². The van der Waals surface area contributed by atoms with Gasteiger partial charge in [0.25, 0.3) is 5.91 Å². The zero-order chi connectivity index (χ0) is 21.6. The molecule has 0 bridgehead atoms. The van der Waals surface area contributed by atoms with Crippen LogP contribution in [0, 0.1) is 6.92 Å². The Morgan fingerprint density at radius 2 is 2.03 bits per heavy atom. The molecule has 1 amide bonds. The van der Waals surface area contributed by atoms with E-state index in [1.807, 2.05) is 73.0 Å². The number of amides is 1. The second-order valence-corrected chi connectivity index (χ2v) is 7.88. The molecule has 0 atom stereocenters. The Morgan fingerprint density at radius 3 is 2.84 bits per heavy atom. The van der Waals surface area contributed by atoms with E-state index in [0.29, 0.717) is 29.5 Å². The number of aromatic nitrogens is 2. The number of H-pyrrole nitrogens is 1. The van der Waals surface area contributed by atoms with Crippen molar-refractivity contribution in [3.8, 4) is 5.75 Å². The van der Waals surface area contributed by atoms with E-state index in [0.717, 1.165) is 27.7 Å². The Kier molecular flexibility index (Phi) is 6.45. The van der Waals surface area contributed by atoms with E-state index in [1.165, 1.54) is 11.3 Å². The summed E-state index contributed by atoms with van der Waals surface area (Å²) in [4.78, 5) is 13.5. The van der Waals surface area contributed by atoms with Gasteiger partial charge in [0.15, 0.2) is 0 Å². The van der Waals surface area contributed by atoms with Crippen molar-refractivity contribution >= 4 is 46.0 Å². The Morgan fingerprint density at radius 1 is 1.16 bits per heavy atom. The number of para-hydroxylation sites is 1. The van der Waals surface area contributed by atoms with Crippen LogP contribution in [0.25, 0.3) is 23.1 Å². The molecular weight excluding hydrogens is 410 g/mol. The molecule has 0 radical (unpaired) electrons. The number of thiophene rings is 1. The molecule has 2 aromatic carbocycles. The largest absolute Gasteiger partial charge is 0.491 e. The highest BCUT2D eigenvalue weighted by molar-refractivity contribution is 7.12. The highest BCUT2D eigenvalue weighted by atomic mass is 32.1. The zero-order valence-electron chi connectivity index (χ0n) is 17.3. The van der Waals surface area contributed by atoms with E-state index in [2.05, 4.69) is 15.5 Å². The number of hydrogen-bond acceptors (Lipinski definition) is 5. The predicted molar refractivity (Wildman–Crippen MR) is 126 cm³/mol. The monoisotopic (exact) mass is 433 g/mol. The molecule has 6 nitrogen and oxygen atoms in total. The van der Waals surface area contributed by atoms with Gasteiger partial charge in [-0.1, -0.05) is 24.3 Å². The number of fused-ring (bicyclic) bond motifs is 1. The summed E-state index contributed by atoms with van der Waals surface area (Å²) >= 11 is 1.42. The molecule has 31 heavy (non-hydrogen) atoms. The Bertz CT molecular complexity index is 1230. The van der Waals surface area contributed by atoms with Gasteiger partial charge in [-0.15, -0.1) is 11.3 Å². The molecule has 2 heterocycles. The molecule has 0 unspecified atom stereocenters. The number of ether oxygens (including phenoxy) is 2. The molecule has 2 N–H and O–H groups in total. The number of carbonyl (C=O) groups is 1. The average molecular weight is 434 g/mol. The maximum Gasteiger partial charge on any atom is 0.266 e. The van der Waals surface area contributed by atoms with Crippen LogP contribution >= 0.6 is 11.3 Å². The average Bonchev–Trinajstić information content (AvgIpc) is 3.39. The summed E-state index contributed by atoms with van der Waals surface area (Å²) in [6.07, 6.45) is 3.88. The first-order valence-corrected chi connectivity index (χ1v) is 10.8. The van der Waals surface area contributed by atoms with Crippen molar-refractivity contribution in [3.63, 3.8) is 0 Å². The first-order valence-electron chi connectivity index (χ1n) is 9.88. The van der Waals surface area contributed by atoms with Gasteiger partial charge < -0.3 is 14.8 Å². The third-order valence-corrected chi connectivity index (χ3v) is 5.83. The molecule has 0 aliphatic rings. The van der Waals surface area contributed by atoms with E-state index in [-0.39, 0.29) is 5.91 Å². The number of methoxy groups -OCH3 is 1. The maximum atomic E-state index is 12.8. The van der Waals surface area contributed by atoms with E-state index in [9.17, 15) is 4.79 Å². The fourth-order valence-corrected chi connectivity index (χ4v) is 4.01. The summed E-state index contributed by atoms with van der Waals surface area (Å²) in [5.74, 6) is 0.527. The number of aromatic amines is 1. The van der Waals surface area contributed by atoms with Crippen molar-refractivity contribution in [2.24, 2.45) is 0 Å². The van der Waals surface area contributed by atoms with Crippen LogP contribution in [0.1, 0.15) is 26.5 Å². The minimum atomic E-state index is -0.138. The molecule has 0 spiro atoms. The van der Waals surface area contributed by atoms with E-state index < -0.39 is 0 Å². The van der Waals surface area contributed by atoms with Crippen LogP contribution in [0.4, 0.5) is 5.69 Å². The molecule has 0 fully saturated rings. The van der Waals surface area contributed by atoms with Crippen molar-refractivity contribution in [1.82, 2.24) is 10.2 Å². The molecule has 2 aromatic heterocycles. The molecule has 0 aliphatic carbocycles. The number of carbonyl (C=O) groups excluding carboxylic acids is 1. The van der Waals surface area contributed by atoms with Crippen LogP contribution in [-0.4, -0.2) is 36.4 Å². The summed E-state index contributed by atoms with van der Waals surface area (Å²) in [6.45, 7) is 2.85. The Labute approximate surface area is 184 Å². The van der Waals surface area contributed by atoms with Gasteiger partial charge >= 0.3 is 0 Å². The van der Waals surface area contributed by atoms with Gasteiger partial charge in [0, 0.05) is 18.6 Å². The number of benzene rings is 2. The van der Waals surface area contributed by atoms with Crippen molar-refractivity contribution in [1.29, 1.82) is 0 Å². The van der Waals surface area contributed by atoms with Crippen LogP contribution in [-0.2, 0) is 4.74 Å². The summed E-state index contributed by atoms with van der Waals surface area (Å²) in [5.41, 5.74) is 4.29. The molecule has 158 valence electrons. The van der Waals surface area contributed by atoms with Gasteiger partial charge in [-0.2, -0.15) is 5.10 Å². The highest BCUT2D eigenvalue weighted by Crippen LogP contribution is 2.27. The van der Waals surface area contributed by atoms with Crippen LogP contribution in [0.2, 0.25) is 0 Å². The number of aryl methyl sites for hydroxylation is 1. The lowest BCUT2D eigenvalue weighted by Gasteiger charge is -2.12. The number of nitrogens with zero attached hydrogens (tertiary/aromatic N) is 1. The predicted octanol–water partition coefficient (Wildman–Crippen LogP) is 5.38. The van der Waals surface area contributed by atoms with Gasteiger partial charge in [-0.3, -0.25) is 9.89 Å².